The van der Waals surface area contributed by atoms with Crippen LogP contribution in [0.1, 0.15) is 18.1 Å². The minimum absolute atomic E-state index is 0.0545. The van der Waals surface area contributed by atoms with Crippen molar-refractivity contribution in [2.24, 2.45) is 0 Å². The third kappa shape index (κ3) is 1.96. The van der Waals surface area contributed by atoms with E-state index in [-0.39, 0.29) is 17.0 Å². The predicted molar refractivity (Wildman–Crippen MR) is 66.1 cm³/mol. The first-order chi connectivity index (χ1) is 8.67. The molecule has 90 valence electrons. The third-order valence-electron chi connectivity index (χ3n) is 2.70. The van der Waals surface area contributed by atoms with Gasteiger partial charge >= 0.3 is 0 Å². The summed E-state index contributed by atoms with van der Waals surface area (Å²) >= 11 is 0. The summed E-state index contributed by atoms with van der Waals surface area (Å²) < 4.78 is 0. The Balaban J connectivity index is 2.64. The Labute approximate surface area is 103 Å². The molecule has 0 aliphatic carbocycles. The quantitative estimate of drug-likeness (QED) is 0.835. The van der Waals surface area contributed by atoms with Crippen LogP contribution < -0.4 is 5.56 Å². The molecular weight excluding hydrogens is 230 g/mol. The van der Waals surface area contributed by atoms with Gasteiger partial charge in [0.25, 0.3) is 5.56 Å². The summed E-state index contributed by atoms with van der Waals surface area (Å²) in [6.45, 7) is 1.93. The van der Waals surface area contributed by atoms with Crippen LogP contribution in [0.15, 0.2) is 29.3 Å². The number of nitrogens with one attached hydrogen (secondary N) is 1. The van der Waals surface area contributed by atoms with Crippen molar-refractivity contribution >= 4 is 0 Å². The molecule has 0 aliphatic heterocycles. The van der Waals surface area contributed by atoms with Crippen molar-refractivity contribution in [3.05, 3.63) is 46.0 Å². The van der Waals surface area contributed by atoms with Gasteiger partial charge in [-0.2, -0.15) is 5.26 Å². The summed E-state index contributed by atoms with van der Waals surface area (Å²) in [7, 11) is 0. The van der Waals surface area contributed by atoms with Crippen LogP contribution in [0.5, 0.6) is 5.75 Å². The zero-order valence-corrected chi connectivity index (χ0v) is 9.77. The van der Waals surface area contributed by atoms with Crippen LogP contribution in [0.3, 0.4) is 0 Å². The Morgan fingerprint density at radius 2 is 2.28 bits per heavy atom. The van der Waals surface area contributed by atoms with Crippen molar-refractivity contribution in [2.45, 2.75) is 13.3 Å². The third-order valence-corrected chi connectivity index (χ3v) is 2.70. The van der Waals surface area contributed by atoms with E-state index in [4.69, 9.17) is 5.26 Å². The highest BCUT2D eigenvalue weighted by molar-refractivity contribution is 5.67. The highest BCUT2D eigenvalue weighted by Crippen LogP contribution is 2.26. The SMILES string of the molecule is CCc1ccc(-c2nc[nH]c(=O)c2C#N)cc1O. The second kappa shape index (κ2) is 4.72. The molecule has 0 unspecified atom stereocenters. The van der Waals surface area contributed by atoms with Gasteiger partial charge in [0.2, 0.25) is 0 Å². The molecule has 1 heterocycles. The summed E-state index contributed by atoms with van der Waals surface area (Å²) in [5.41, 5.74) is 1.09. The lowest BCUT2D eigenvalue weighted by atomic mass is 10.0. The molecule has 2 N–H and O–H groups in total. The van der Waals surface area contributed by atoms with Crippen molar-refractivity contribution in [1.29, 1.82) is 5.26 Å². The maximum absolute atomic E-state index is 11.5. The van der Waals surface area contributed by atoms with Crippen LogP contribution in [-0.4, -0.2) is 15.1 Å². The lowest BCUT2D eigenvalue weighted by Crippen LogP contribution is -2.12. The molecule has 0 saturated carbocycles. The van der Waals surface area contributed by atoms with E-state index in [0.29, 0.717) is 12.0 Å². The van der Waals surface area contributed by atoms with Gasteiger partial charge in [0.15, 0.2) is 0 Å². The molecular formula is C13H11N3O2. The normalized spacial score (nSPS) is 10.0. The lowest BCUT2D eigenvalue weighted by molar-refractivity contribution is 0.469. The number of rotatable bonds is 2. The van der Waals surface area contributed by atoms with Crippen LogP contribution in [0, 0.1) is 11.3 Å². The molecule has 0 aliphatic rings. The number of phenols is 1. The molecule has 5 heteroatoms. The lowest BCUT2D eigenvalue weighted by Gasteiger charge is -2.06. The fourth-order valence-corrected chi connectivity index (χ4v) is 1.73. The predicted octanol–water partition coefficient (Wildman–Crippen LogP) is 1.58. The number of nitrogens with zero attached hydrogens (tertiary/aromatic N) is 2. The standard InChI is InChI=1S/C13H11N3O2/c1-2-8-3-4-9(5-11(8)17)12-10(6-14)13(18)16-7-15-12/h3-5,7,17H,2H2,1H3,(H,15,16,18). The van der Waals surface area contributed by atoms with E-state index < -0.39 is 5.56 Å². The molecule has 0 radical (unpaired) electrons. The van der Waals surface area contributed by atoms with Gasteiger partial charge in [-0.05, 0) is 18.1 Å². The average molecular weight is 241 g/mol. The monoisotopic (exact) mass is 241 g/mol. The second-order valence-electron chi connectivity index (χ2n) is 3.76. The van der Waals surface area contributed by atoms with Gasteiger partial charge in [0.05, 0.1) is 12.0 Å². The number of H-pyrrole nitrogens is 1. The molecule has 0 bridgehead atoms. The number of phenolic OH excluding ortho intramolecular Hbond substituents is 1. The van der Waals surface area contributed by atoms with E-state index in [9.17, 15) is 9.90 Å². The van der Waals surface area contributed by atoms with Crippen molar-refractivity contribution in [3.8, 4) is 23.1 Å². The summed E-state index contributed by atoms with van der Waals surface area (Å²) in [5, 5.41) is 18.7. The maximum Gasteiger partial charge on any atom is 0.269 e. The Bertz CT molecular complexity index is 683. The fraction of sp³-hybridized carbons (Fsp3) is 0.154. The summed E-state index contributed by atoms with van der Waals surface area (Å²) in [6, 6.07) is 6.83. The highest BCUT2D eigenvalue weighted by Gasteiger charge is 2.11. The summed E-state index contributed by atoms with van der Waals surface area (Å²) in [6.07, 6.45) is 1.95. The van der Waals surface area contributed by atoms with Gasteiger partial charge in [-0.15, -0.1) is 0 Å². The second-order valence-corrected chi connectivity index (χ2v) is 3.76. The van der Waals surface area contributed by atoms with E-state index in [1.807, 2.05) is 13.0 Å². The Kier molecular flexibility index (Phi) is 3.11. The van der Waals surface area contributed by atoms with Crippen LogP contribution in [0.25, 0.3) is 11.3 Å². The van der Waals surface area contributed by atoms with E-state index in [1.165, 1.54) is 12.4 Å². The molecule has 18 heavy (non-hydrogen) atoms. The Morgan fingerprint density at radius 3 is 2.89 bits per heavy atom. The Morgan fingerprint density at radius 1 is 1.50 bits per heavy atom. The minimum Gasteiger partial charge on any atom is -0.508 e. The van der Waals surface area contributed by atoms with Crippen LogP contribution in [0.4, 0.5) is 0 Å². The number of hydrogen-bond donors (Lipinski definition) is 2. The summed E-state index contributed by atoms with van der Waals surface area (Å²) in [5.74, 6) is 0.140. The van der Waals surface area contributed by atoms with Crippen molar-refractivity contribution in [1.82, 2.24) is 9.97 Å². The van der Waals surface area contributed by atoms with Crippen molar-refractivity contribution in [3.63, 3.8) is 0 Å². The largest absolute Gasteiger partial charge is 0.508 e. The first kappa shape index (κ1) is 11.9. The zero-order valence-electron chi connectivity index (χ0n) is 9.77. The molecule has 2 aromatic rings. The molecule has 0 saturated heterocycles. The number of aromatic amines is 1. The van der Waals surface area contributed by atoms with Crippen LogP contribution in [-0.2, 0) is 6.42 Å². The number of aromatic nitrogens is 2. The van der Waals surface area contributed by atoms with Crippen LogP contribution >= 0.6 is 0 Å². The topological polar surface area (TPSA) is 89.8 Å². The van der Waals surface area contributed by atoms with Crippen LogP contribution in [0.2, 0.25) is 0 Å². The van der Waals surface area contributed by atoms with E-state index in [0.717, 1.165) is 5.56 Å². The van der Waals surface area contributed by atoms with Gasteiger partial charge in [0, 0.05) is 5.56 Å². The van der Waals surface area contributed by atoms with Crippen molar-refractivity contribution < 1.29 is 5.11 Å². The van der Waals surface area contributed by atoms with Gasteiger partial charge in [-0.3, -0.25) is 4.79 Å². The molecule has 1 aromatic heterocycles. The number of aromatic hydroxyl groups is 1. The van der Waals surface area contributed by atoms with Crippen molar-refractivity contribution in [2.75, 3.05) is 0 Å². The first-order valence-corrected chi connectivity index (χ1v) is 5.47. The minimum atomic E-state index is -0.485. The van der Waals surface area contributed by atoms with Gasteiger partial charge in [0.1, 0.15) is 17.4 Å². The smallest absolute Gasteiger partial charge is 0.269 e. The first-order valence-electron chi connectivity index (χ1n) is 5.47. The molecule has 0 atom stereocenters. The zero-order chi connectivity index (χ0) is 13.1. The van der Waals surface area contributed by atoms with Gasteiger partial charge in [-0.1, -0.05) is 19.1 Å². The van der Waals surface area contributed by atoms with Gasteiger partial charge < -0.3 is 10.1 Å². The molecule has 0 amide bonds. The maximum atomic E-state index is 11.5. The van der Waals surface area contributed by atoms with E-state index >= 15 is 0 Å². The summed E-state index contributed by atoms with van der Waals surface area (Å²) in [4.78, 5) is 17.8. The Hall–Kier alpha value is -2.61. The number of benzene rings is 1. The number of aryl methyl sites for hydroxylation is 1. The highest BCUT2D eigenvalue weighted by atomic mass is 16.3. The number of hydrogen-bond acceptors (Lipinski definition) is 4. The fourth-order valence-electron chi connectivity index (χ4n) is 1.73. The van der Waals surface area contributed by atoms with Gasteiger partial charge in [-0.25, -0.2) is 4.98 Å². The molecule has 1 aromatic carbocycles. The molecule has 5 nitrogen and oxygen atoms in total. The van der Waals surface area contributed by atoms with E-state index in [1.54, 1.807) is 12.1 Å². The molecule has 2 rings (SSSR count). The average Bonchev–Trinajstić information content (AvgIpc) is 2.38. The number of nitriles is 1. The molecule has 0 spiro atoms. The van der Waals surface area contributed by atoms with E-state index in [2.05, 4.69) is 9.97 Å². The molecule has 0 fully saturated rings.